The molecule has 142 valence electrons. The Hall–Kier alpha value is -1.68. The van der Waals surface area contributed by atoms with Gasteiger partial charge in [-0.25, -0.2) is 0 Å². The number of hydrogen-bond donors (Lipinski definition) is 1. The highest BCUT2D eigenvalue weighted by atomic mass is 16.5. The summed E-state index contributed by atoms with van der Waals surface area (Å²) in [5, 5.41) is 10.2. The van der Waals surface area contributed by atoms with Crippen molar-refractivity contribution in [3.05, 3.63) is 72.9 Å². The summed E-state index contributed by atoms with van der Waals surface area (Å²) in [6.07, 6.45) is 9.12. The normalized spacial score (nSPS) is 25.1. The fourth-order valence-corrected chi connectivity index (χ4v) is 3.95. The molecule has 1 aromatic rings. The van der Waals surface area contributed by atoms with Gasteiger partial charge in [0.05, 0.1) is 11.7 Å². The second-order valence-electron chi connectivity index (χ2n) is 7.25. The van der Waals surface area contributed by atoms with Gasteiger partial charge in [-0.3, -0.25) is 4.90 Å². The summed E-state index contributed by atoms with van der Waals surface area (Å²) in [5.41, 5.74) is 2.09. The number of ether oxygens (including phenoxy) is 1. The largest absolute Gasteiger partial charge is 0.390 e. The predicted molar refractivity (Wildman–Crippen MR) is 109 cm³/mol. The van der Waals surface area contributed by atoms with Gasteiger partial charge in [-0.15, -0.1) is 0 Å². The second kappa shape index (κ2) is 9.86. The molecule has 0 amide bonds. The Bertz CT molecular complexity index is 598. The van der Waals surface area contributed by atoms with Crippen molar-refractivity contribution in [2.75, 3.05) is 13.7 Å². The lowest BCUT2D eigenvalue weighted by molar-refractivity contribution is -0.124. The maximum Gasteiger partial charge on any atom is 0.0934 e. The van der Waals surface area contributed by atoms with Crippen LogP contribution in [-0.2, 0) is 11.3 Å². The molecule has 1 N–H and O–H groups in total. The van der Waals surface area contributed by atoms with Crippen molar-refractivity contribution in [3.8, 4) is 0 Å². The summed E-state index contributed by atoms with van der Waals surface area (Å²) < 4.78 is 5.72. The van der Waals surface area contributed by atoms with Crippen molar-refractivity contribution in [2.45, 2.75) is 56.9 Å². The van der Waals surface area contributed by atoms with E-state index in [9.17, 15) is 5.11 Å². The second-order valence-corrected chi connectivity index (χ2v) is 7.25. The Labute approximate surface area is 158 Å². The third-order valence-electron chi connectivity index (χ3n) is 5.69. The molecule has 1 aromatic carbocycles. The van der Waals surface area contributed by atoms with Gasteiger partial charge in [0.25, 0.3) is 0 Å². The summed E-state index contributed by atoms with van der Waals surface area (Å²) in [5.74, 6) is 0. The highest BCUT2D eigenvalue weighted by molar-refractivity contribution is 5.23. The van der Waals surface area contributed by atoms with Gasteiger partial charge in [-0.2, -0.15) is 0 Å². The van der Waals surface area contributed by atoms with Crippen LogP contribution in [0.1, 0.15) is 38.2 Å². The van der Waals surface area contributed by atoms with E-state index in [4.69, 9.17) is 4.74 Å². The van der Waals surface area contributed by atoms with Gasteiger partial charge < -0.3 is 9.84 Å². The molecular weight excluding hydrogens is 322 g/mol. The molecule has 0 heterocycles. The monoisotopic (exact) mass is 355 g/mol. The molecule has 1 aliphatic rings. The molecule has 1 saturated carbocycles. The van der Waals surface area contributed by atoms with Gasteiger partial charge in [0.15, 0.2) is 0 Å². The lowest BCUT2D eigenvalue weighted by Gasteiger charge is -2.44. The number of aliphatic hydroxyl groups is 1. The fourth-order valence-electron chi connectivity index (χ4n) is 3.95. The molecule has 0 spiro atoms. The summed E-state index contributed by atoms with van der Waals surface area (Å²) in [7, 11) is 1.72. The smallest absolute Gasteiger partial charge is 0.0934 e. The van der Waals surface area contributed by atoms with E-state index in [-0.39, 0.29) is 0 Å². The molecule has 1 aliphatic carbocycles. The van der Waals surface area contributed by atoms with Crippen LogP contribution in [0.25, 0.3) is 0 Å². The SMILES string of the molecule is C=C/C=C(\C=C)CN(Cc1ccccc1)C1CCC(OC)(C(C)O)CC1. The van der Waals surface area contributed by atoms with Gasteiger partial charge in [0.1, 0.15) is 0 Å². The maximum absolute atomic E-state index is 10.2. The highest BCUT2D eigenvalue weighted by Crippen LogP contribution is 2.36. The first-order valence-corrected chi connectivity index (χ1v) is 9.50. The topological polar surface area (TPSA) is 32.7 Å². The number of nitrogens with zero attached hydrogens (tertiary/aromatic N) is 1. The van der Waals surface area contributed by atoms with Crippen LogP contribution in [0.5, 0.6) is 0 Å². The van der Waals surface area contributed by atoms with E-state index in [0.29, 0.717) is 6.04 Å². The Kier molecular flexibility index (Phi) is 7.83. The Balaban J connectivity index is 2.14. The number of rotatable bonds is 9. The molecule has 1 unspecified atom stereocenters. The number of aliphatic hydroxyl groups excluding tert-OH is 1. The van der Waals surface area contributed by atoms with Crippen LogP contribution in [0, 0.1) is 0 Å². The minimum absolute atomic E-state index is 0.396. The first-order chi connectivity index (χ1) is 12.5. The van der Waals surface area contributed by atoms with Gasteiger partial charge in [-0.05, 0) is 43.7 Å². The van der Waals surface area contributed by atoms with E-state index in [1.807, 2.05) is 25.2 Å². The zero-order valence-electron chi connectivity index (χ0n) is 16.2. The van der Waals surface area contributed by atoms with E-state index < -0.39 is 11.7 Å². The van der Waals surface area contributed by atoms with Crippen LogP contribution < -0.4 is 0 Å². The molecule has 1 atom stereocenters. The lowest BCUT2D eigenvalue weighted by atomic mass is 9.78. The lowest BCUT2D eigenvalue weighted by Crippen LogP contribution is -2.50. The molecule has 26 heavy (non-hydrogen) atoms. The minimum Gasteiger partial charge on any atom is -0.390 e. The first kappa shape index (κ1) is 20.6. The molecule has 2 rings (SSSR count). The molecule has 0 radical (unpaired) electrons. The fraction of sp³-hybridized carbons (Fsp3) is 0.478. The quantitative estimate of drug-likeness (QED) is 0.662. The van der Waals surface area contributed by atoms with Gasteiger partial charge in [0.2, 0.25) is 0 Å². The molecule has 3 nitrogen and oxygen atoms in total. The average Bonchev–Trinajstić information content (AvgIpc) is 2.67. The predicted octanol–water partition coefficient (Wildman–Crippen LogP) is 4.50. The average molecular weight is 356 g/mol. The molecule has 0 aromatic heterocycles. The van der Waals surface area contributed by atoms with E-state index in [0.717, 1.165) is 38.8 Å². The highest BCUT2D eigenvalue weighted by Gasteiger charge is 2.40. The first-order valence-electron chi connectivity index (χ1n) is 9.50. The number of benzene rings is 1. The van der Waals surface area contributed by atoms with Crippen LogP contribution in [0.2, 0.25) is 0 Å². The number of methoxy groups -OCH3 is 1. The van der Waals surface area contributed by atoms with Crippen molar-refractivity contribution in [1.29, 1.82) is 0 Å². The van der Waals surface area contributed by atoms with Crippen LogP contribution in [-0.4, -0.2) is 41.4 Å². The summed E-state index contributed by atoms with van der Waals surface area (Å²) in [6, 6.07) is 11.0. The zero-order chi connectivity index (χ0) is 19.0. The van der Waals surface area contributed by atoms with E-state index >= 15 is 0 Å². The van der Waals surface area contributed by atoms with Gasteiger partial charge in [0, 0.05) is 26.2 Å². The van der Waals surface area contributed by atoms with Crippen molar-refractivity contribution < 1.29 is 9.84 Å². The third-order valence-corrected chi connectivity index (χ3v) is 5.69. The van der Waals surface area contributed by atoms with Gasteiger partial charge >= 0.3 is 0 Å². The summed E-state index contributed by atoms with van der Waals surface area (Å²) in [4.78, 5) is 2.52. The zero-order valence-corrected chi connectivity index (χ0v) is 16.2. The van der Waals surface area contributed by atoms with E-state index in [1.165, 1.54) is 11.1 Å². The van der Waals surface area contributed by atoms with Crippen LogP contribution >= 0.6 is 0 Å². The molecule has 0 saturated heterocycles. The van der Waals surface area contributed by atoms with Gasteiger partial charge in [-0.1, -0.05) is 61.7 Å². The number of hydrogen-bond acceptors (Lipinski definition) is 3. The molecule has 0 bridgehead atoms. The molecule has 1 fully saturated rings. The van der Waals surface area contributed by atoms with Crippen molar-refractivity contribution >= 4 is 0 Å². The Morgan fingerprint density at radius 2 is 1.96 bits per heavy atom. The van der Waals surface area contributed by atoms with Crippen molar-refractivity contribution in [1.82, 2.24) is 4.90 Å². The van der Waals surface area contributed by atoms with Crippen LogP contribution in [0.3, 0.4) is 0 Å². The van der Waals surface area contributed by atoms with E-state index in [1.54, 1.807) is 7.11 Å². The standard InChI is InChI=1S/C23H33NO2/c1-5-10-20(6-2)17-24(18-21-11-8-7-9-12-21)22-13-15-23(26-4,16-14-22)19(3)25/h5-12,19,22,25H,1-2,13-18H2,3-4H3/b20-10+. The molecule has 3 heteroatoms. The van der Waals surface area contributed by atoms with E-state index in [2.05, 4.69) is 48.4 Å². The summed E-state index contributed by atoms with van der Waals surface area (Å²) >= 11 is 0. The van der Waals surface area contributed by atoms with Crippen molar-refractivity contribution in [3.63, 3.8) is 0 Å². The minimum atomic E-state index is -0.444. The maximum atomic E-state index is 10.2. The number of allylic oxidation sites excluding steroid dienone is 2. The Morgan fingerprint density at radius 3 is 2.46 bits per heavy atom. The summed E-state index contributed by atoms with van der Waals surface area (Å²) in [6.45, 7) is 11.4. The molecule has 0 aliphatic heterocycles. The Morgan fingerprint density at radius 1 is 1.31 bits per heavy atom. The van der Waals surface area contributed by atoms with Crippen LogP contribution in [0.15, 0.2) is 67.3 Å². The molecular formula is C23H33NO2. The van der Waals surface area contributed by atoms with Crippen LogP contribution in [0.4, 0.5) is 0 Å². The van der Waals surface area contributed by atoms with Crippen molar-refractivity contribution in [2.24, 2.45) is 0 Å². The third kappa shape index (κ3) is 5.16.